The van der Waals surface area contributed by atoms with Gasteiger partial charge in [-0.15, -0.1) is 0 Å². The van der Waals surface area contributed by atoms with E-state index in [-0.39, 0.29) is 5.97 Å². The van der Waals surface area contributed by atoms with Gasteiger partial charge in [0.1, 0.15) is 5.78 Å². The molecular formula is C12H22O3. The molecule has 88 valence electrons. The molecule has 0 N–H and O–H groups in total. The lowest BCUT2D eigenvalue weighted by Crippen LogP contribution is -2.03. The Morgan fingerprint density at radius 1 is 0.933 bits per heavy atom. The fraction of sp³-hybridized carbons (Fsp3) is 0.833. The molecular weight excluding hydrogens is 192 g/mol. The number of ketones is 1. The van der Waals surface area contributed by atoms with E-state index in [1.54, 1.807) is 0 Å². The highest BCUT2D eigenvalue weighted by molar-refractivity contribution is 5.77. The third kappa shape index (κ3) is 9.44. The molecule has 0 fully saturated rings. The van der Waals surface area contributed by atoms with Crippen molar-refractivity contribution in [2.45, 2.75) is 58.8 Å². The van der Waals surface area contributed by atoms with Crippen LogP contribution in [0.4, 0.5) is 0 Å². The number of hydrogen-bond donors (Lipinski definition) is 0. The summed E-state index contributed by atoms with van der Waals surface area (Å²) >= 11 is 0. The van der Waals surface area contributed by atoms with Gasteiger partial charge in [-0.25, -0.2) is 0 Å². The van der Waals surface area contributed by atoms with Crippen LogP contribution < -0.4 is 0 Å². The highest BCUT2D eigenvalue weighted by Gasteiger charge is 2.01. The first-order valence-corrected chi connectivity index (χ1v) is 5.88. The van der Waals surface area contributed by atoms with Crippen LogP contribution >= 0.6 is 0 Å². The molecule has 0 radical (unpaired) electrons. The molecule has 0 heterocycles. The van der Waals surface area contributed by atoms with Gasteiger partial charge in [0.2, 0.25) is 0 Å². The number of Topliss-reactive ketones (excluding diaryl/α,β-unsaturated/α-hetero) is 1. The number of rotatable bonds is 9. The molecule has 3 nitrogen and oxygen atoms in total. The minimum atomic E-state index is -0.109. The van der Waals surface area contributed by atoms with Crippen LogP contribution in [0.1, 0.15) is 58.8 Å². The van der Waals surface area contributed by atoms with Crippen LogP contribution in [0.25, 0.3) is 0 Å². The first kappa shape index (κ1) is 14.1. The average Bonchev–Trinajstić information content (AvgIpc) is 2.23. The molecule has 0 aromatic carbocycles. The summed E-state index contributed by atoms with van der Waals surface area (Å²) in [6.45, 7) is 4.17. The molecule has 0 aromatic heterocycles. The van der Waals surface area contributed by atoms with Crippen LogP contribution in [0.15, 0.2) is 0 Å². The molecule has 0 spiro atoms. The lowest BCUT2D eigenvalue weighted by molar-refractivity contribution is -0.143. The molecule has 0 aliphatic rings. The molecule has 0 bridgehead atoms. The Hall–Kier alpha value is -0.860. The third-order valence-electron chi connectivity index (χ3n) is 2.29. The maximum Gasteiger partial charge on any atom is 0.305 e. The van der Waals surface area contributed by atoms with E-state index in [1.165, 1.54) is 0 Å². The Labute approximate surface area is 92.2 Å². The Bertz CT molecular complexity index is 187. The first-order valence-electron chi connectivity index (χ1n) is 5.88. The smallest absolute Gasteiger partial charge is 0.305 e. The number of carbonyl (C=O) groups excluding carboxylic acids is 2. The second kappa shape index (κ2) is 9.69. The maximum atomic E-state index is 11.0. The number of unbranched alkanes of at least 4 members (excludes halogenated alkanes) is 3. The SMILES string of the molecule is CCOC(=O)CCCCCCC(=O)CC. The molecule has 0 aliphatic carbocycles. The lowest BCUT2D eigenvalue weighted by Gasteiger charge is -2.01. The van der Waals surface area contributed by atoms with Crippen molar-refractivity contribution < 1.29 is 14.3 Å². The number of carbonyl (C=O) groups is 2. The van der Waals surface area contributed by atoms with Gasteiger partial charge in [0, 0.05) is 19.3 Å². The van der Waals surface area contributed by atoms with Crippen molar-refractivity contribution in [3.63, 3.8) is 0 Å². The highest BCUT2D eigenvalue weighted by atomic mass is 16.5. The van der Waals surface area contributed by atoms with Crippen molar-refractivity contribution in [1.82, 2.24) is 0 Å². The van der Waals surface area contributed by atoms with Crippen molar-refractivity contribution in [2.75, 3.05) is 6.61 Å². The molecule has 0 saturated carbocycles. The quantitative estimate of drug-likeness (QED) is 0.438. The largest absolute Gasteiger partial charge is 0.466 e. The summed E-state index contributed by atoms with van der Waals surface area (Å²) < 4.78 is 4.81. The van der Waals surface area contributed by atoms with Crippen LogP contribution in [0.5, 0.6) is 0 Å². The molecule has 0 unspecified atom stereocenters. The van der Waals surface area contributed by atoms with Crippen molar-refractivity contribution in [3.05, 3.63) is 0 Å². The second-order valence-electron chi connectivity index (χ2n) is 3.61. The van der Waals surface area contributed by atoms with Crippen LogP contribution in [-0.4, -0.2) is 18.4 Å². The topological polar surface area (TPSA) is 43.4 Å². The van der Waals surface area contributed by atoms with Crippen LogP contribution in [-0.2, 0) is 14.3 Å². The zero-order valence-electron chi connectivity index (χ0n) is 9.88. The van der Waals surface area contributed by atoms with Gasteiger partial charge in [-0.2, -0.15) is 0 Å². The molecule has 3 heteroatoms. The van der Waals surface area contributed by atoms with Gasteiger partial charge in [-0.05, 0) is 19.8 Å². The standard InChI is InChI=1S/C12H22O3/c1-3-11(13)9-7-5-6-8-10-12(14)15-4-2/h3-10H2,1-2H3. The Morgan fingerprint density at radius 3 is 2.07 bits per heavy atom. The second-order valence-corrected chi connectivity index (χ2v) is 3.61. The van der Waals surface area contributed by atoms with E-state index < -0.39 is 0 Å². The predicted octanol–water partition coefficient (Wildman–Crippen LogP) is 2.87. The van der Waals surface area contributed by atoms with Crippen LogP contribution in [0.3, 0.4) is 0 Å². The first-order chi connectivity index (χ1) is 7.20. The van der Waals surface area contributed by atoms with E-state index in [9.17, 15) is 9.59 Å². The zero-order chi connectivity index (χ0) is 11.5. The minimum Gasteiger partial charge on any atom is -0.466 e. The molecule has 0 aliphatic heterocycles. The van der Waals surface area contributed by atoms with E-state index in [0.717, 1.165) is 25.7 Å². The summed E-state index contributed by atoms with van der Waals surface area (Å²) in [5.74, 6) is 0.225. The summed E-state index contributed by atoms with van der Waals surface area (Å²) in [4.78, 5) is 21.9. The Morgan fingerprint density at radius 2 is 1.53 bits per heavy atom. The summed E-state index contributed by atoms with van der Waals surface area (Å²) in [7, 11) is 0. The molecule has 0 rings (SSSR count). The molecule has 0 aromatic rings. The molecule has 15 heavy (non-hydrogen) atoms. The fourth-order valence-electron chi connectivity index (χ4n) is 1.35. The van der Waals surface area contributed by atoms with Gasteiger partial charge < -0.3 is 4.74 Å². The predicted molar refractivity (Wildman–Crippen MR) is 59.6 cm³/mol. The fourth-order valence-corrected chi connectivity index (χ4v) is 1.35. The molecule has 0 saturated heterocycles. The van der Waals surface area contributed by atoms with Gasteiger partial charge in [-0.1, -0.05) is 19.8 Å². The third-order valence-corrected chi connectivity index (χ3v) is 2.29. The van der Waals surface area contributed by atoms with Gasteiger partial charge in [0.05, 0.1) is 6.61 Å². The summed E-state index contributed by atoms with van der Waals surface area (Å²) in [6.07, 6.45) is 5.71. The summed E-state index contributed by atoms with van der Waals surface area (Å²) in [5.41, 5.74) is 0. The molecule has 0 amide bonds. The number of esters is 1. The maximum absolute atomic E-state index is 11.0. The average molecular weight is 214 g/mol. The lowest BCUT2D eigenvalue weighted by atomic mass is 10.1. The van der Waals surface area contributed by atoms with Gasteiger partial charge in [0.25, 0.3) is 0 Å². The van der Waals surface area contributed by atoms with Crippen LogP contribution in [0, 0.1) is 0 Å². The monoisotopic (exact) mass is 214 g/mol. The zero-order valence-corrected chi connectivity index (χ0v) is 9.88. The van der Waals surface area contributed by atoms with E-state index in [4.69, 9.17) is 4.74 Å². The number of ether oxygens (including phenoxy) is 1. The Kier molecular flexibility index (Phi) is 9.13. The molecule has 0 atom stereocenters. The van der Waals surface area contributed by atoms with Crippen molar-refractivity contribution in [2.24, 2.45) is 0 Å². The van der Waals surface area contributed by atoms with E-state index in [2.05, 4.69) is 0 Å². The van der Waals surface area contributed by atoms with Gasteiger partial charge in [-0.3, -0.25) is 9.59 Å². The van der Waals surface area contributed by atoms with E-state index in [1.807, 2.05) is 13.8 Å². The van der Waals surface area contributed by atoms with E-state index in [0.29, 0.717) is 31.7 Å². The van der Waals surface area contributed by atoms with Gasteiger partial charge >= 0.3 is 5.97 Å². The summed E-state index contributed by atoms with van der Waals surface area (Å²) in [6, 6.07) is 0. The summed E-state index contributed by atoms with van der Waals surface area (Å²) in [5, 5.41) is 0. The van der Waals surface area contributed by atoms with Crippen molar-refractivity contribution >= 4 is 11.8 Å². The van der Waals surface area contributed by atoms with Crippen LogP contribution in [0.2, 0.25) is 0 Å². The number of hydrogen-bond acceptors (Lipinski definition) is 3. The normalized spacial score (nSPS) is 10.0. The minimum absolute atomic E-state index is 0.109. The van der Waals surface area contributed by atoms with E-state index >= 15 is 0 Å². The highest BCUT2D eigenvalue weighted by Crippen LogP contribution is 2.07. The van der Waals surface area contributed by atoms with Crippen molar-refractivity contribution in [3.8, 4) is 0 Å². The van der Waals surface area contributed by atoms with Crippen molar-refractivity contribution in [1.29, 1.82) is 0 Å². The Balaban J connectivity index is 3.18. The van der Waals surface area contributed by atoms with Gasteiger partial charge in [0.15, 0.2) is 0 Å².